The van der Waals surface area contributed by atoms with Crippen molar-refractivity contribution in [2.75, 3.05) is 0 Å². The van der Waals surface area contributed by atoms with E-state index in [1.54, 1.807) is 23.9 Å². The van der Waals surface area contributed by atoms with Crippen LogP contribution in [0.15, 0.2) is 24.5 Å². The number of carbonyl (C=O) groups excluding carboxylic acids is 1. The standard InChI is InChI=1S/C18H19F3N6O/c1-3-26-14(6-7-22-26)10(2)24-17(28)12-9-23-27-15(18(19,20)21)8-13(11-4-5-11)25-16(12)27/h6-11H,3-5H2,1-2H3,(H,24,28). The van der Waals surface area contributed by atoms with Crippen molar-refractivity contribution in [3.63, 3.8) is 0 Å². The number of aromatic nitrogens is 5. The molecule has 1 N–H and O–H groups in total. The van der Waals surface area contributed by atoms with Crippen molar-refractivity contribution in [3.05, 3.63) is 47.2 Å². The van der Waals surface area contributed by atoms with Gasteiger partial charge in [-0.25, -0.2) is 9.50 Å². The number of halogens is 3. The quantitative estimate of drug-likeness (QED) is 0.723. The first-order valence-corrected chi connectivity index (χ1v) is 9.08. The molecule has 7 nitrogen and oxygen atoms in total. The lowest BCUT2D eigenvalue weighted by molar-refractivity contribution is -0.142. The molecule has 0 bridgehead atoms. The number of hydrogen-bond donors (Lipinski definition) is 1. The van der Waals surface area contributed by atoms with E-state index in [0.717, 1.165) is 30.8 Å². The zero-order chi connectivity index (χ0) is 20.1. The summed E-state index contributed by atoms with van der Waals surface area (Å²) in [6.07, 6.45) is -0.225. The Morgan fingerprint density at radius 3 is 2.75 bits per heavy atom. The fraction of sp³-hybridized carbons (Fsp3) is 0.444. The van der Waals surface area contributed by atoms with E-state index < -0.39 is 17.8 Å². The molecule has 3 aromatic heterocycles. The first kappa shape index (κ1) is 18.5. The Morgan fingerprint density at radius 2 is 2.11 bits per heavy atom. The van der Waals surface area contributed by atoms with Gasteiger partial charge in [-0.3, -0.25) is 9.48 Å². The van der Waals surface area contributed by atoms with Crippen LogP contribution in [0, 0.1) is 0 Å². The van der Waals surface area contributed by atoms with E-state index in [4.69, 9.17) is 0 Å². The van der Waals surface area contributed by atoms with Crippen LogP contribution >= 0.6 is 0 Å². The molecule has 4 rings (SSSR count). The van der Waals surface area contributed by atoms with Crippen molar-refractivity contribution in [1.29, 1.82) is 0 Å². The largest absolute Gasteiger partial charge is 0.433 e. The highest BCUT2D eigenvalue weighted by molar-refractivity contribution is 5.99. The molecule has 0 radical (unpaired) electrons. The van der Waals surface area contributed by atoms with Gasteiger partial charge >= 0.3 is 6.18 Å². The summed E-state index contributed by atoms with van der Waals surface area (Å²) in [6.45, 7) is 4.36. The summed E-state index contributed by atoms with van der Waals surface area (Å²) in [5.41, 5.74) is 0.171. The molecule has 0 aliphatic heterocycles. The highest BCUT2D eigenvalue weighted by Crippen LogP contribution is 2.41. The third kappa shape index (κ3) is 3.23. The predicted octanol–water partition coefficient (Wildman–Crippen LogP) is 3.33. The lowest BCUT2D eigenvalue weighted by Gasteiger charge is -2.15. The zero-order valence-electron chi connectivity index (χ0n) is 15.4. The number of fused-ring (bicyclic) bond motifs is 1. The summed E-state index contributed by atoms with van der Waals surface area (Å²) in [6, 6.07) is 2.44. The molecule has 1 fully saturated rings. The molecule has 3 heterocycles. The minimum absolute atomic E-state index is 0.00902. The Bertz CT molecular complexity index is 1030. The number of alkyl halides is 3. The molecular weight excluding hydrogens is 373 g/mol. The molecule has 28 heavy (non-hydrogen) atoms. The van der Waals surface area contributed by atoms with Crippen LogP contribution in [0.4, 0.5) is 13.2 Å². The van der Waals surface area contributed by atoms with Crippen LogP contribution in [0.1, 0.15) is 66.1 Å². The second-order valence-corrected chi connectivity index (χ2v) is 6.90. The third-order valence-electron chi connectivity index (χ3n) is 4.86. The van der Waals surface area contributed by atoms with E-state index in [2.05, 4.69) is 20.5 Å². The van der Waals surface area contributed by atoms with Crippen LogP contribution in [0.3, 0.4) is 0 Å². The molecule has 0 saturated heterocycles. The van der Waals surface area contributed by atoms with Gasteiger partial charge in [0.05, 0.1) is 17.9 Å². The number of aryl methyl sites for hydroxylation is 1. The summed E-state index contributed by atoms with van der Waals surface area (Å²) in [5, 5.41) is 10.8. The van der Waals surface area contributed by atoms with Gasteiger partial charge in [0.15, 0.2) is 5.65 Å². The number of nitrogens with one attached hydrogen (secondary N) is 1. The van der Waals surface area contributed by atoms with Crippen LogP contribution in [-0.2, 0) is 12.7 Å². The summed E-state index contributed by atoms with van der Waals surface area (Å²) in [4.78, 5) is 17.1. The van der Waals surface area contributed by atoms with Crippen molar-refractivity contribution in [3.8, 4) is 0 Å². The van der Waals surface area contributed by atoms with Crippen molar-refractivity contribution in [2.24, 2.45) is 0 Å². The Balaban J connectivity index is 1.70. The smallest absolute Gasteiger partial charge is 0.344 e. The Kier molecular flexibility index (Phi) is 4.35. The van der Waals surface area contributed by atoms with Gasteiger partial charge in [-0.15, -0.1) is 0 Å². The van der Waals surface area contributed by atoms with Gasteiger partial charge in [0.25, 0.3) is 5.91 Å². The van der Waals surface area contributed by atoms with Crippen molar-refractivity contribution in [2.45, 2.75) is 51.4 Å². The maximum Gasteiger partial charge on any atom is 0.433 e. The van der Waals surface area contributed by atoms with Crippen molar-refractivity contribution < 1.29 is 18.0 Å². The Hall–Kier alpha value is -2.91. The average molecular weight is 392 g/mol. The van der Waals surface area contributed by atoms with Crippen LogP contribution < -0.4 is 5.32 Å². The molecule has 1 aliphatic rings. The molecule has 1 aliphatic carbocycles. The van der Waals surface area contributed by atoms with E-state index in [9.17, 15) is 18.0 Å². The van der Waals surface area contributed by atoms with Crippen molar-refractivity contribution in [1.82, 2.24) is 29.7 Å². The van der Waals surface area contributed by atoms with E-state index in [-0.39, 0.29) is 23.2 Å². The first-order valence-electron chi connectivity index (χ1n) is 9.08. The van der Waals surface area contributed by atoms with E-state index in [1.807, 2.05) is 6.92 Å². The van der Waals surface area contributed by atoms with Crippen LogP contribution in [0.25, 0.3) is 5.65 Å². The van der Waals surface area contributed by atoms with Crippen LogP contribution in [-0.4, -0.2) is 30.3 Å². The van der Waals surface area contributed by atoms with Gasteiger partial charge in [0.2, 0.25) is 0 Å². The number of rotatable bonds is 5. The SMILES string of the molecule is CCn1nccc1C(C)NC(=O)c1cnn2c(C(F)(F)F)cc(C3CC3)nc12. The second-order valence-electron chi connectivity index (χ2n) is 6.90. The summed E-state index contributed by atoms with van der Waals surface area (Å²) in [7, 11) is 0. The highest BCUT2D eigenvalue weighted by Gasteiger charge is 2.38. The fourth-order valence-corrected chi connectivity index (χ4v) is 3.26. The molecule has 1 atom stereocenters. The van der Waals surface area contributed by atoms with Gasteiger partial charge in [-0.05, 0) is 38.8 Å². The minimum Gasteiger partial charge on any atom is -0.344 e. The maximum atomic E-state index is 13.5. The van der Waals surface area contributed by atoms with Crippen molar-refractivity contribution >= 4 is 11.6 Å². The summed E-state index contributed by atoms with van der Waals surface area (Å²) < 4.78 is 42.9. The zero-order valence-corrected chi connectivity index (χ0v) is 15.4. The van der Waals surface area contributed by atoms with Gasteiger partial charge in [-0.1, -0.05) is 0 Å². The van der Waals surface area contributed by atoms with Gasteiger partial charge in [0.1, 0.15) is 11.3 Å². The maximum absolute atomic E-state index is 13.5. The van der Waals surface area contributed by atoms with Crippen LogP contribution in [0.2, 0.25) is 0 Å². The van der Waals surface area contributed by atoms with E-state index in [1.165, 1.54) is 0 Å². The molecule has 10 heteroatoms. The molecule has 3 aromatic rings. The van der Waals surface area contributed by atoms with Gasteiger partial charge in [0, 0.05) is 24.4 Å². The molecule has 0 spiro atoms. The average Bonchev–Trinajstić information content (AvgIpc) is 3.22. The Labute approximate surface area is 158 Å². The first-order chi connectivity index (χ1) is 13.3. The fourth-order valence-electron chi connectivity index (χ4n) is 3.26. The number of amides is 1. The molecule has 1 unspecified atom stereocenters. The molecule has 1 saturated carbocycles. The lowest BCUT2D eigenvalue weighted by Crippen LogP contribution is -2.28. The minimum atomic E-state index is -4.59. The molecular formula is C18H19F3N6O. The highest BCUT2D eigenvalue weighted by atomic mass is 19.4. The van der Waals surface area contributed by atoms with E-state index >= 15 is 0 Å². The van der Waals surface area contributed by atoms with Gasteiger partial charge < -0.3 is 5.32 Å². The topological polar surface area (TPSA) is 77.1 Å². The summed E-state index contributed by atoms with van der Waals surface area (Å²) >= 11 is 0. The molecule has 1 amide bonds. The van der Waals surface area contributed by atoms with E-state index in [0.29, 0.717) is 16.8 Å². The van der Waals surface area contributed by atoms with Crippen LogP contribution in [0.5, 0.6) is 0 Å². The van der Waals surface area contributed by atoms with Gasteiger partial charge in [-0.2, -0.15) is 23.4 Å². The lowest BCUT2D eigenvalue weighted by atomic mass is 10.2. The molecule has 0 aromatic carbocycles. The monoisotopic (exact) mass is 392 g/mol. The number of hydrogen-bond acceptors (Lipinski definition) is 4. The number of nitrogens with zero attached hydrogens (tertiary/aromatic N) is 5. The predicted molar refractivity (Wildman–Crippen MR) is 93.7 cm³/mol. The normalized spacial score (nSPS) is 15.8. The molecule has 148 valence electrons. The second kappa shape index (κ2) is 6.61. The third-order valence-corrected chi connectivity index (χ3v) is 4.86. The Morgan fingerprint density at radius 1 is 1.36 bits per heavy atom. The summed E-state index contributed by atoms with van der Waals surface area (Å²) in [5.74, 6) is -0.519. The number of carbonyl (C=O) groups is 1.